The Bertz CT molecular complexity index is 1540. The van der Waals surface area contributed by atoms with E-state index in [1.54, 1.807) is 6.26 Å². The number of benzene rings is 2. The minimum atomic E-state index is -0.446. The molecule has 11 heteroatoms. The van der Waals surface area contributed by atoms with Gasteiger partial charge in [0.25, 0.3) is 0 Å². The number of H-pyrrole nitrogens is 1. The van der Waals surface area contributed by atoms with Gasteiger partial charge in [-0.25, -0.2) is 4.79 Å². The summed E-state index contributed by atoms with van der Waals surface area (Å²) in [4.78, 5) is 20.9. The molecule has 9 nitrogen and oxygen atoms in total. The number of rotatable bonds is 8. The number of nitrogens with zero attached hydrogens (tertiary/aromatic N) is 2. The van der Waals surface area contributed by atoms with E-state index in [4.69, 9.17) is 13.9 Å². The number of furan rings is 1. The molecular weight excluding hydrogens is 603 g/mol. The predicted octanol–water partition coefficient (Wildman–Crippen LogP) is 6.35. The zero-order valence-electron chi connectivity index (χ0n) is 25.6. The minimum absolute atomic E-state index is 0. The van der Waals surface area contributed by atoms with Gasteiger partial charge in [0.15, 0.2) is 0 Å². The standard InChI is InChI=1S/C33H42N4O5.2ClH/c1-21-15-27-24(20-41-31(27)16-22(21)2)19-40-30-6-4-5-29-28(30)17-32(35-29)42-33(39)34-25-7-11-36(12-8-25)18-23(3)37-13-9-26(38)10-14-37;;/h4-6,15-17,20,23,25-26,35,38H,7-14,18-19H2,1-3H3,(H,34,39);2*1H/t23-;;/m0../s1. The Balaban J connectivity index is 0.00000221. The lowest BCUT2D eigenvalue weighted by Gasteiger charge is -2.39. The number of aryl methyl sites for hydroxylation is 2. The quantitative estimate of drug-likeness (QED) is 0.205. The fourth-order valence-electron chi connectivity index (χ4n) is 6.26. The monoisotopic (exact) mass is 646 g/mol. The molecule has 4 aromatic rings. The Kier molecular flexibility index (Phi) is 11.5. The van der Waals surface area contributed by atoms with Gasteiger partial charge in [0.2, 0.25) is 5.88 Å². The molecule has 1 atom stereocenters. The van der Waals surface area contributed by atoms with E-state index in [-0.39, 0.29) is 37.0 Å². The maximum absolute atomic E-state index is 12.8. The maximum atomic E-state index is 12.8. The second kappa shape index (κ2) is 14.9. The molecule has 4 heterocycles. The second-order valence-corrected chi connectivity index (χ2v) is 12.1. The fraction of sp³-hybridized carbons (Fsp3) is 0.485. The van der Waals surface area contributed by atoms with E-state index in [0.29, 0.717) is 24.3 Å². The van der Waals surface area contributed by atoms with Crippen molar-refractivity contribution in [3.8, 4) is 11.6 Å². The molecule has 2 aliphatic heterocycles. The number of aromatic nitrogens is 1. The van der Waals surface area contributed by atoms with E-state index < -0.39 is 6.09 Å². The van der Waals surface area contributed by atoms with E-state index in [0.717, 1.165) is 85.8 Å². The van der Waals surface area contributed by atoms with Crippen molar-refractivity contribution in [3.05, 3.63) is 59.4 Å². The van der Waals surface area contributed by atoms with Crippen molar-refractivity contribution >= 4 is 52.8 Å². The van der Waals surface area contributed by atoms with E-state index in [1.165, 1.54) is 11.1 Å². The highest BCUT2D eigenvalue weighted by atomic mass is 35.5. The zero-order chi connectivity index (χ0) is 29.2. The Morgan fingerprint density at radius 2 is 1.77 bits per heavy atom. The lowest BCUT2D eigenvalue weighted by molar-refractivity contribution is 0.0501. The van der Waals surface area contributed by atoms with Gasteiger partial charge in [0, 0.05) is 67.2 Å². The lowest BCUT2D eigenvalue weighted by atomic mass is 10.0. The smallest absolute Gasteiger partial charge is 0.414 e. The second-order valence-electron chi connectivity index (χ2n) is 12.1. The first kappa shape index (κ1) is 33.9. The highest BCUT2D eigenvalue weighted by Crippen LogP contribution is 2.31. The van der Waals surface area contributed by atoms with Gasteiger partial charge >= 0.3 is 6.09 Å². The van der Waals surface area contributed by atoms with Crippen molar-refractivity contribution in [1.29, 1.82) is 0 Å². The third-order valence-corrected chi connectivity index (χ3v) is 9.01. The number of amides is 1. The van der Waals surface area contributed by atoms with Gasteiger partial charge in [-0.05, 0) is 81.8 Å². The normalized spacial score (nSPS) is 17.6. The van der Waals surface area contributed by atoms with Gasteiger partial charge in [-0.2, -0.15) is 0 Å². The van der Waals surface area contributed by atoms with E-state index >= 15 is 0 Å². The molecule has 0 spiro atoms. The number of carbonyl (C=O) groups excluding carboxylic acids is 1. The summed E-state index contributed by atoms with van der Waals surface area (Å²) in [5.41, 5.74) is 5.10. The summed E-state index contributed by atoms with van der Waals surface area (Å²) < 4.78 is 17.6. The molecule has 2 aliphatic rings. The molecule has 0 unspecified atom stereocenters. The Hall–Kier alpha value is -2.95. The number of aliphatic hydroxyl groups excluding tert-OH is 1. The van der Waals surface area contributed by atoms with Gasteiger partial charge in [0.05, 0.1) is 17.9 Å². The van der Waals surface area contributed by atoms with Crippen LogP contribution in [0.2, 0.25) is 0 Å². The molecule has 2 fully saturated rings. The fourth-order valence-corrected chi connectivity index (χ4v) is 6.26. The molecule has 3 N–H and O–H groups in total. The summed E-state index contributed by atoms with van der Waals surface area (Å²) in [6.07, 6.45) is 4.69. The highest BCUT2D eigenvalue weighted by Gasteiger charge is 2.26. The molecule has 44 heavy (non-hydrogen) atoms. The molecular formula is C33H44Cl2N4O5. The number of aliphatic hydroxyl groups is 1. The Morgan fingerprint density at radius 1 is 1.05 bits per heavy atom. The summed E-state index contributed by atoms with van der Waals surface area (Å²) in [5.74, 6) is 1.09. The van der Waals surface area contributed by atoms with Crippen LogP contribution >= 0.6 is 24.8 Å². The number of likely N-dealkylation sites (tertiary alicyclic amines) is 2. The first-order valence-electron chi connectivity index (χ1n) is 15.2. The number of hydrogen-bond acceptors (Lipinski definition) is 7. The van der Waals surface area contributed by atoms with E-state index in [2.05, 4.69) is 53.0 Å². The van der Waals surface area contributed by atoms with Gasteiger partial charge in [-0.3, -0.25) is 4.90 Å². The highest BCUT2D eigenvalue weighted by molar-refractivity contribution is 5.88. The zero-order valence-corrected chi connectivity index (χ0v) is 27.3. The molecule has 0 saturated carbocycles. The topological polar surface area (TPSA) is 103 Å². The average molecular weight is 648 g/mol. The number of nitrogens with one attached hydrogen (secondary N) is 2. The van der Waals surface area contributed by atoms with Gasteiger partial charge in [-0.15, -0.1) is 24.8 Å². The number of ether oxygens (including phenoxy) is 2. The van der Waals surface area contributed by atoms with Crippen molar-refractivity contribution in [1.82, 2.24) is 20.1 Å². The van der Waals surface area contributed by atoms with Crippen molar-refractivity contribution in [3.63, 3.8) is 0 Å². The Labute approximate surface area is 271 Å². The van der Waals surface area contributed by atoms with Gasteiger partial charge < -0.3 is 34.2 Å². The number of hydrogen-bond donors (Lipinski definition) is 3. The lowest BCUT2D eigenvalue weighted by Crippen LogP contribution is -2.50. The van der Waals surface area contributed by atoms with Crippen LogP contribution in [-0.2, 0) is 6.61 Å². The summed E-state index contributed by atoms with van der Waals surface area (Å²) in [7, 11) is 0. The molecule has 2 aromatic carbocycles. The number of fused-ring (bicyclic) bond motifs is 2. The third kappa shape index (κ3) is 7.82. The van der Waals surface area contributed by atoms with Crippen LogP contribution in [0.4, 0.5) is 4.79 Å². The largest absolute Gasteiger partial charge is 0.488 e. The molecule has 0 aliphatic carbocycles. The number of piperidine rings is 2. The van der Waals surface area contributed by atoms with Crippen molar-refractivity contribution in [2.24, 2.45) is 0 Å². The number of carbonyl (C=O) groups is 1. The Morgan fingerprint density at radius 3 is 2.52 bits per heavy atom. The van der Waals surface area contributed by atoms with E-state index in [9.17, 15) is 9.90 Å². The summed E-state index contributed by atoms with van der Waals surface area (Å²) in [6.45, 7) is 11.7. The van der Waals surface area contributed by atoms with Crippen LogP contribution in [0.3, 0.4) is 0 Å². The van der Waals surface area contributed by atoms with Crippen LogP contribution in [-0.4, -0.2) is 76.9 Å². The van der Waals surface area contributed by atoms with Crippen LogP contribution in [0.25, 0.3) is 21.9 Å². The van der Waals surface area contributed by atoms with Crippen LogP contribution in [0.5, 0.6) is 11.6 Å². The first-order chi connectivity index (χ1) is 20.3. The molecule has 2 aromatic heterocycles. The van der Waals surface area contributed by atoms with Crippen LogP contribution < -0.4 is 14.8 Å². The van der Waals surface area contributed by atoms with Gasteiger partial charge in [0.1, 0.15) is 17.9 Å². The number of aromatic amines is 1. The van der Waals surface area contributed by atoms with Crippen molar-refractivity contribution in [2.75, 3.05) is 32.7 Å². The first-order valence-corrected chi connectivity index (χ1v) is 15.2. The molecule has 240 valence electrons. The van der Waals surface area contributed by atoms with Crippen molar-refractivity contribution in [2.45, 2.75) is 71.2 Å². The maximum Gasteiger partial charge on any atom is 0.414 e. The summed E-state index contributed by atoms with van der Waals surface area (Å²) in [6, 6.07) is 12.3. The molecule has 0 bridgehead atoms. The summed E-state index contributed by atoms with van der Waals surface area (Å²) in [5, 5.41) is 14.7. The number of halogens is 2. The average Bonchev–Trinajstić information content (AvgIpc) is 3.56. The van der Waals surface area contributed by atoms with Gasteiger partial charge in [-0.1, -0.05) is 6.07 Å². The molecule has 1 amide bonds. The van der Waals surface area contributed by atoms with Crippen LogP contribution in [0.15, 0.2) is 47.1 Å². The molecule has 2 saturated heterocycles. The molecule has 6 rings (SSSR count). The van der Waals surface area contributed by atoms with Crippen LogP contribution in [0.1, 0.15) is 49.3 Å². The van der Waals surface area contributed by atoms with Crippen LogP contribution in [0, 0.1) is 13.8 Å². The SMILES string of the molecule is Cc1cc2occ(COc3cccc4[nH]c(OC(=O)NC5CCN(C[C@H](C)N6CCC(O)CC6)CC5)cc34)c2cc1C.Cl.Cl. The van der Waals surface area contributed by atoms with E-state index in [1.807, 2.05) is 24.3 Å². The third-order valence-electron chi connectivity index (χ3n) is 9.01. The molecule has 0 radical (unpaired) electrons. The minimum Gasteiger partial charge on any atom is -0.488 e. The predicted molar refractivity (Wildman–Crippen MR) is 178 cm³/mol. The van der Waals surface area contributed by atoms with Crippen molar-refractivity contribution < 1.29 is 23.8 Å². The summed E-state index contributed by atoms with van der Waals surface area (Å²) >= 11 is 0.